The summed E-state index contributed by atoms with van der Waals surface area (Å²) in [7, 11) is 0. The topological polar surface area (TPSA) is 43.8 Å². The molecule has 1 fully saturated rings. The summed E-state index contributed by atoms with van der Waals surface area (Å²) in [6.07, 6.45) is 1.19. The van der Waals surface area contributed by atoms with Crippen LogP contribution in [0.2, 0.25) is 0 Å². The highest BCUT2D eigenvalue weighted by Gasteiger charge is 2.48. The molecule has 0 aliphatic heterocycles. The molecule has 1 heterocycles. The van der Waals surface area contributed by atoms with Crippen molar-refractivity contribution in [2.45, 2.75) is 26.3 Å². The van der Waals surface area contributed by atoms with Crippen LogP contribution in [0.3, 0.4) is 0 Å². The highest BCUT2D eigenvalue weighted by atomic mass is 127. The zero-order valence-electron chi connectivity index (χ0n) is 9.37. The predicted molar refractivity (Wildman–Crippen MR) is 74.3 cm³/mol. The number of benzene rings is 1. The summed E-state index contributed by atoms with van der Waals surface area (Å²) in [5.74, 6) is 0.646. The Hall–Kier alpha value is -0.780. The second-order valence-electron chi connectivity index (χ2n) is 5.18. The molecule has 0 amide bonds. The van der Waals surface area contributed by atoms with Gasteiger partial charge in [-0.3, -0.25) is 0 Å². The average molecular weight is 327 g/mol. The molecule has 0 bridgehead atoms. The molecule has 4 heteroatoms. The number of imidazole rings is 1. The molecule has 1 aromatic heterocycles. The molecule has 1 unspecified atom stereocenters. The Balaban J connectivity index is 2.21. The van der Waals surface area contributed by atoms with Gasteiger partial charge in [0.05, 0.1) is 11.0 Å². The lowest BCUT2D eigenvalue weighted by molar-refractivity contribution is 0.553. The van der Waals surface area contributed by atoms with E-state index in [2.05, 4.69) is 64.2 Å². The second-order valence-corrected chi connectivity index (χ2v) is 6.43. The molecule has 1 aromatic carbocycles. The van der Waals surface area contributed by atoms with E-state index >= 15 is 0 Å². The fraction of sp³-hybridized carbons (Fsp3) is 0.417. The number of nitrogens with two attached hydrogens (primary N) is 1. The number of rotatable bonds is 1. The second kappa shape index (κ2) is 3.12. The fourth-order valence-electron chi connectivity index (χ4n) is 2.30. The third-order valence-electron chi connectivity index (χ3n) is 3.45. The maximum absolute atomic E-state index is 6.01. The predicted octanol–water partition coefficient (Wildman–Crippen LogP) is 3.19. The highest BCUT2D eigenvalue weighted by Crippen LogP contribution is 2.57. The number of nitrogens with zero attached hydrogens (tertiary/aromatic N) is 2. The minimum absolute atomic E-state index is 0.366. The zero-order valence-corrected chi connectivity index (χ0v) is 11.5. The molecule has 0 saturated heterocycles. The zero-order chi connectivity index (χ0) is 11.5. The maximum atomic E-state index is 6.01. The van der Waals surface area contributed by atoms with Gasteiger partial charge in [0, 0.05) is 9.61 Å². The van der Waals surface area contributed by atoms with Crippen LogP contribution in [0.15, 0.2) is 18.2 Å². The number of nitrogen functional groups attached to an aromatic ring is 1. The van der Waals surface area contributed by atoms with Gasteiger partial charge in [0.2, 0.25) is 5.95 Å². The molecular weight excluding hydrogens is 313 g/mol. The molecule has 2 N–H and O–H groups in total. The number of anilines is 1. The van der Waals surface area contributed by atoms with Gasteiger partial charge >= 0.3 is 0 Å². The van der Waals surface area contributed by atoms with Crippen LogP contribution in [0.5, 0.6) is 0 Å². The van der Waals surface area contributed by atoms with Gasteiger partial charge in [0.15, 0.2) is 0 Å². The Kier molecular flexibility index (Phi) is 2.02. The van der Waals surface area contributed by atoms with Crippen molar-refractivity contribution < 1.29 is 0 Å². The number of fused-ring (bicyclic) bond motifs is 1. The third-order valence-corrected chi connectivity index (χ3v) is 4.12. The van der Waals surface area contributed by atoms with Crippen LogP contribution in [0.4, 0.5) is 5.95 Å². The Morgan fingerprint density at radius 3 is 2.81 bits per heavy atom. The highest BCUT2D eigenvalue weighted by molar-refractivity contribution is 14.1. The van der Waals surface area contributed by atoms with Gasteiger partial charge in [0.25, 0.3) is 0 Å². The average Bonchev–Trinajstić information content (AvgIpc) is 2.67. The molecule has 1 atom stereocenters. The standard InChI is InChI=1S/C12H14IN3/c1-12(2)6-10(12)16-9-4-3-7(13)5-8(9)15-11(16)14/h3-5,10H,6H2,1-2H3,(H2,14,15). The van der Waals surface area contributed by atoms with Crippen LogP contribution in [0.25, 0.3) is 11.0 Å². The minimum atomic E-state index is 0.366. The Labute approximate surface area is 108 Å². The van der Waals surface area contributed by atoms with E-state index in [4.69, 9.17) is 5.73 Å². The minimum Gasteiger partial charge on any atom is -0.369 e. The maximum Gasteiger partial charge on any atom is 0.201 e. The summed E-state index contributed by atoms with van der Waals surface area (Å²) in [4.78, 5) is 4.44. The van der Waals surface area contributed by atoms with Gasteiger partial charge in [-0.2, -0.15) is 0 Å². The van der Waals surface area contributed by atoms with E-state index in [9.17, 15) is 0 Å². The first kappa shape index (κ1) is 10.4. The van der Waals surface area contributed by atoms with Crippen molar-refractivity contribution in [3.8, 4) is 0 Å². The molecule has 0 radical (unpaired) electrons. The lowest BCUT2D eigenvalue weighted by atomic mass is 10.2. The summed E-state index contributed by atoms with van der Waals surface area (Å²) in [6, 6.07) is 6.82. The number of hydrogen-bond acceptors (Lipinski definition) is 2. The fourth-order valence-corrected chi connectivity index (χ4v) is 2.77. The van der Waals surface area contributed by atoms with Crippen LogP contribution < -0.4 is 5.73 Å². The number of halogens is 1. The van der Waals surface area contributed by atoms with Gasteiger partial charge in [-0.25, -0.2) is 4.98 Å². The van der Waals surface area contributed by atoms with Gasteiger partial charge < -0.3 is 10.3 Å². The number of aromatic nitrogens is 2. The molecule has 2 aromatic rings. The van der Waals surface area contributed by atoms with Crippen molar-refractivity contribution in [3.05, 3.63) is 21.8 Å². The van der Waals surface area contributed by atoms with Crippen LogP contribution in [0, 0.1) is 8.99 Å². The number of hydrogen-bond donors (Lipinski definition) is 1. The lowest BCUT2D eigenvalue weighted by Gasteiger charge is -2.08. The summed E-state index contributed by atoms with van der Waals surface area (Å²) < 4.78 is 3.38. The molecule has 84 valence electrons. The first-order chi connectivity index (χ1) is 7.49. The van der Waals surface area contributed by atoms with E-state index in [1.54, 1.807) is 0 Å². The Morgan fingerprint density at radius 1 is 1.50 bits per heavy atom. The third kappa shape index (κ3) is 1.43. The van der Waals surface area contributed by atoms with E-state index < -0.39 is 0 Å². The largest absolute Gasteiger partial charge is 0.369 e. The quantitative estimate of drug-likeness (QED) is 0.818. The van der Waals surface area contributed by atoms with Crippen molar-refractivity contribution in [1.82, 2.24) is 9.55 Å². The summed E-state index contributed by atoms with van der Waals surface area (Å²) in [5, 5.41) is 0. The van der Waals surface area contributed by atoms with Crippen molar-refractivity contribution >= 4 is 39.6 Å². The van der Waals surface area contributed by atoms with E-state index in [0.29, 0.717) is 17.4 Å². The van der Waals surface area contributed by atoms with Gasteiger partial charge in [-0.1, -0.05) is 13.8 Å². The van der Waals surface area contributed by atoms with Crippen LogP contribution in [0.1, 0.15) is 26.3 Å². The van der Waals surface area contributed by atoms with Crippen LogP contribution in [-0.4, -0.2) is 9.55 Å². The van der Waals surface area contributed by atoms with Gasteiger partial charge in [-0.15, -0.1) is 0 Å². The van der Waals surface area contributed by atoms with Crippen LogP contribution in [-0.2, 0) is 0 Å². The first-order valence-corrected chi connectivity index (χ1v) is 6.50. The molecule has 1 aliphatic rings. The first-order valence-electron chi connectivity index (χ1n) is 5.42. The molecule has 1 aliphatic carbocycles. The van der Waals surface area contributed by atoms with Crippen molar-refractivity contribution in [2.75, 3.05) is 5.73 Å². The smallest absolute Gasteiger partial charge is 0.201 e. The van der Waals surface area contributed by atoms with E-state index in [1.165, 1.54) is 9.99 Å². The van der Waals surface area contributed by atoms with E-state index in [1.807, 2.05) is 0 Å². The summed E-state index contributed by atoms with van der Waals surface area (Å²) in [5.41, 5.74) is 8.55. The normalized spacial score (nSPS) is 22.6. The molecule has 0 spiro atoms. The molecule has 3 nitrogen and oxygen atoms in total. The van der Waals surface area contributed by atoms with E-state index in [0.717, 1.165) is 11.0 Å². The summed E-state index contributed by atoms with van der Waals surface area (Å²) in [6.45, 7) is 4.55. The summed E-state index contributed by atoms with van der Waals surface area (Å²) >= 11 is 2.30. The van der Waals surface area contributed by atoms with Crippen molar-refractivity contribution in [3.63, 3.8) is 0 Å². The van der Waals surface area contributed by atoms with Crippen molar-refractivity contribution in [1.29, 1.82) is 0 Å². The molecule has 1 saturated carbocycles. The van der Waals surface area contributed by atoms with Crippen LogP contribution >= 0.6 is 22.6 Å². The molecular formula is C12H14IN3. The molecule has 3 rings (SSSR count). The SMILES string of the molecule is CC1(C)CC1n1c(N)nc2cc(I)ccc21. The Morgan fingerprint density at radius 2 is 2.19 bits per heavy atom. The lowest BCUT2D eigenvalue weighted by Crippen LogP contribution is -2.04. The molecule has 16 heavy (non-hydrogen) atoms. The van der Waals surface area contributed by atoms with Crippen molar-refractivity contribution in [2.24, 2.45) is 5.41 Å². The van der Waals surface area contributed by atoms with Gasteiger partial charge in [0.1, 0.15) is 0 Å². The van der Waals surface area contributed by atoms with Gasteiger partial charge in [-0.05, 0) is 52.6 Å². The van der Waals surface area contributed by atoms with E-state index in [-0.39, 0.29) is 0 Å². The monoisotopic (exact) mass is 327 g/mol. The Bertz CT molecular complexity index is 571.